The van der Waals surface area contributed by atoms with E-state index in [0.717, 1.165) is 22.0 Å². The van der Waals surface area contributed by atoms with Crippen LogP contribution < -0.4 is 4.74 Å². The molecule has 5 nitrogen and oxygen atoms in total. The Hall–Kier alpha value is -2.40. The smallest absolute Gasteiger partial charge is 0.134 e. The van der Waals surface area contributed by atoms with Crippen LogP contribution in [-0.2, 0) is 13.7 Å². The van der Waals surface area contributed by atoms with Crippen molar-refractivity contribution in [1.29, 1.82) is 0 Å². The topological polar surface area (TPSA) is 60.2 Å². The van der Waals surface area contributed by atoms with Crippen LogP contribution in [0.25, 0.3) is 10.8 Å². The Kier molecular flexibility index (Phi) is 3.58. The number of benzene rings is 2. The number of aryl methyl sites for hydroxylation is 1. The van der Waals surface area contributed by atoms with Crippen LogP contribution in [0.2, 0.25) is 0 Å². The number of hydrogen-bond donors (Lipinski definition) is 1. The van der Waals surface area contributed by atoms with E-state index in [1.807, 2.05) is 49.6 Å². The summed E-state index contributed by atoms with van der Waals surface area (Å²) in [5.41, 5.74) is 1.53. The van der Waals surface area contributed by atoms with E-state index in [4.69, 9.17) is 4.74 Å². The van der Waals surface area contributed by atoms with Crippen LogP contribution in [0.4, 0.5) is 0 Å². The molecule has 0 spiro atoms. The maximum Gasteiger partial charge on any atom is 0.134 e. The third-order valence-corrected chi connectivity index (χ3v) is 3.37. The molecule has 0 aliphatic rings. The van der Waals surface area contributed by atoms with E-state index in [1.54, 1.807) is 11.6 Å². The van der Waals surface area contributed by atoms with E-state index in [2.05, 4.69) is 10.3 Å². The van der Waals surface area contributed by atoms with Crippen LogP contribution in [0.15, 0.2) is 42.6 Å². The first-order chi connectivity index (χ1) is 10.1. The summed E-state index contributed by atoms with van der Waals surface area (Å²) in [6.45, 7) is 2.06. The van der Waals surface area contributed by atoms with Crippen molar-refractivity contribution < 1.29 is 9.84 Å². The van der Waals surface area contributed by atoms with Gasteiger partial charge >= 0.3 is 0 Å². The fraction of sp³-hybridized carbons (Fsp3) is 0.250. The number of nitrogens with zero attached hydrogens (tertiary/aromatic N) is 3. The van der Waals surface area contributed by atoms with Gasteiger partial charge in [-0.1, -0.05) is 41.6 Å². The van der Waals surface area contributed by atoms with Crippen molar-refractivity contribution in [2.24, 2.45) is 7.05 Å². The van der Waals surface area contributed by atoms with Crippen LogP contribution in [0, 0.1) is 0 Å². The predicted octanol–water partition coefficient (Wildman–Crippen LogP) is 2.60. The zero-order chi connectivity index (χ0) is 14.8. The van der Waals surface area contributed by atoms with Crippen molar-refractivity contribution in [3.05, 3.63) is 53.9 Å². The summed E-state index contributed by atoms with van der Waals surface area (Å²) in [7, 11) is 1.82. The maximum absolute atomic E-state index is 9.95. The van der Waals surface area contributed by atoms with Gasteiger partial charge in [0.25, 0.3) is 0 Å². The molecule has 0 aliphatic heterocycles. The first kappa shape index (κ1) is 13.6. The lowest BCUT2D eigenvalue weighted by molar-refractivity contribution is 0.190. The molecule has 108 valence electrons. The van der Waals surface area contributed by atoms with Gasteiger partial charge in [0.05, 0.1) is 12.3 Å². The van der Waals surface area contributed by atoms with Gasteiger partial charge in [-0.15, -0.1) is 5.10 Å². The predicted molar refractivity (Wildman–Crippen MR) is 79.9 cm³/mol. The number of aliphatic hydroxyl groups is 1. The summed E-state index contributed by atoms with van der Waals surface area (Å²) in [5, 5.41) is 19.9. The lowest BCUT2D eigenvalue weighted by Crippen LogP contribution is -2.02. The third kappa shape index (κ3) is 2.73. The lowest BCUT2D eigenvalue weighted by Gasteiger charge is -2.15. The molecular weight excluding hydrogens is 266 g/mol. The third-order valence-electron chi connectivity index (χ3n) is 3.37. The summed E-state index contributed by atoms with van der Waals surface area (Å²) in [6.07, 6.45) is 1.22. The van der Waals surface area contributed by atoms with Crippen LogP contribution >= 0.6 is 0 Å². The molecule has 1 unspecified atom stereocenters. The first-order valence-corrected chi connectivity index (χ1v) is 6.83. The molecule has 3 aromatic rings. The van der Waals surface area contributed by atoms with Crippen molar-refractivity contribution in [2.45, 2.75) is 19.6 Å². The molecule has 0 fully saturated rings. The van der Waals surface area contributed by atoms with Crippen LogP contribution in [0.3, 0.4) is 0 Å². The largest absolute Gasteiger partial charge is 0.486 e. The molecule has 5 heteroatoms. The number of hydrogen-bond acceptors (Lipinski definition) is 4. The molecule has 0 bridgehead atoms. The second-order valence-corrected chi connectivity index (χ2v) is 5.05. The minimum Gasteiger partial charge on any atom is -0.486 e. The lowest BCUT2D eigenvalue weighted by atomic mass is 10.0. The molecule has 2 aromatic carbocycles. The van der Waals surface area contributed by atoms with E-state index in [9.17, 15) is 5.11 Å². The quantitative estimate of drug-likeness (QED) is 0.799. The number of aliphatic hydroxyl groups excluding tert-OH is 1. The molecule has 1 N–H and O–H groups in total. The number of ether oxygens (including phenoxy) is 1. The minimum absolute atomic E-state index is 0.321. The molecule has 1 aromatic heterocycles. The van der Waals surface area contributed by atoms with Gasteiger partial charge < -0.3 is 9.84 Å². The van der Waals surface area contributed by atoms with Gasteiger partial charge in [-0.3, -0.25) is 4.68 Å². The van der Waals surface area contributed by atoms with Gasteiger partial charge in [-0.05, 0) is 12.3 Å². The van der Waals surface area contributed by atoms with Gasteiger partial charge in [0.1, 0.15) is 18.1 Å². The van der Waals surface area contributed by atoms with Gasteiger partial charge in [0, 0.05) is 18.0 Å². The Morgan fingerprint density at radius 1 is 1.24 bits per heavy atom. The molecule has 0 radical (unpaired) electrons. The van der Waals surface area contributed by atoms with Crippen LogP contribution in [-0.4, -0.2) is 20.1 Å². The summed E-state index contributed by atoms with van der Waals surface area (Å²) >= 11 is 0. The SMILES string of the molecule is CC(O)c1ccc2ccccc2c1OCc1cn(C)nn1. The Balaban J connectivity index is 1.99. The minimum atomic E-state index is -0.591. The van der Waals surface area contributed by atoms with Gasteiger partial charge in [-0.25, -0.2) is 0 Å². The zero-order valence-corrected chi connectivity index (χ0v) is 12.0. The first-order valence-electron chi connectivity index (χ1n) is 6.83. The fourth-order valence-corrected chi connectivity index (χ4v) is 2.36. The molecule has 0 amide bonds. The van der Waals surface area contributed by atoms with Crippen molar-refractivity contribution in [3.63, 3.8) is 0 Å². The summed E-state index contributed by atoms with van der Waals surface area (Å²) < 4.78 is 7.57. The maximum atomic E-state index is 9.95. The van der Waals surface area contributed by atoms with Gasteiger partial charge in [0.2, 0.25) is 0 Å². The highest BCUT2D eigenvalue weighted by molar-refractivity contribution is 5.89. The van der Waals surface area contributed by atoms with Crippen molar-refractivity contribution >= 4 is 10.8 Å². The second kappa shape index (κ2) is 5.54. The van der Waals surface area contributed by atoms with Gasteiger partial charge in [-0.2, -0.15) is 0 Å². The molecule has 0 saturated carbocycles. The Bertz CT molecular complexity index is 765. The molecule has 0 saturated heterocycles. The van der Waals surface area contributed by atoms with Crippen molar-refractivity contribution in [2.75, 3.05) is 0 Å². The number of fused-ring (bicyclic) bond motifs is 1. The average molecular weight is 283 g/mol. The summed E-state index contributed by atoms with van der Waals surface area (Å²) in [4.78, 5) is 0. The van der Waals surface area contributed by atoms with E-state index < -0.39 is 6.10 Å². The molecular formula is C16H17N3O2. The van der Waals surface area contributed by atoms with Crippen LogP contribution in [0.5, 0.6) is 5.75 Å². The Morgan fingerprint density at radius 3 is 2.76 bits per heavy atom. The van der Waals surface area contributed by atoms with Crippen LogP contribution in [0.1, 0.15) is 24.3 Å². The highest BCUT2D eigenvalue weighted by atomic mass is 16.5. The standard InChI is InChI=1S/C16H17N3O2/c1-11(20)14-8-7-12-5-3-4-6-15(12)16(14)21-10-13-9-19(2)18-17-13/h3-9,11,20H,10H2,1-2H3. The van der Waals surface area contributed by atoms with E-state index in [0.29, 0.717) is 12.4 Å². The highest BCUT2D eigenvalue weighted by Gasteiger charge is 2.13. The molecule has 21 heavy (non-hydrogen) atoms. The summed E-state index contributed by atoms with van der Waals surface area (Å²) in [5.74, 6) is 0.703. The Morgan fingerprint density at radius 2 is 2.05 bits per heavy atom. The second-order valence-electron chi connectivity index (χ2n) is 5.05. The normalized spacial score (nSPS) is 12.5. The molecule has 1 heterocycles. The highest BCUT2D eigenvalue weighted by Crippen LogP contribution is 2.34. The summed E-state index contributed by atoms with van der Waals surface area (Å²) in [6, 6.07) is 11.9. The molecule has 3 rings (SSSR count). The number of rotatable bonds is 4. The monoisotopic (exact) mass is 283 g/mol. The number of aromatic nitrogens is 3. The van der Waals surface area contributed by atoms with E-state index >= 15 is 0 Å². The fourth-order valence-electron chi connectivity index (χ4n) is 2.36. The zero-order valence-electron chi connectivity index (χ0n) is 12.0. The molecule has 1 atom stereocenters. The van der Waals surface area contributed by atoms with Crippen molar-refractivity contribution in [3.8, 4) is 5.75 Å². The Labute approximate surface area is 122 Å². The van der Waals surface area contributed by atoms with E-state index in [-0.39, 0.29) is 0 Å². The van der Waals surface area contributed by atoms with Crippen molar-refractivity contribution in [1.82, 2.24) is 15.0 Å². The van der Waals surface area contributed by atoms with Gasteiger partial charge in [0.15, 0.2) is 0 Å². The van der Waals surface area contributed by atoms with E-state index in [1.165, 1.54) is 0 Å². The molecule has 0 aliphatic carbocycles. The average Bonchev–Trinajstić information content (AvgIpc) is 2.90.